The predicted octanol–water partition coefficient (Wildman–Crippen LogP) is 5.53. The van der Waals surface area contributed by atoms with E-state index in [0.717, 1.165) is 19.3 Å². The number of aryl methyl sites for hydroxylation is 1. The van der Waals surface area contributed by atoms with Crippen LogP contribution < -0.4 is 5.32 Å². The number of hydrogen-bond acceptors (Lipinski definition) is 4. The van der Waals surface area contributed by atoms with Gasteiger partial charge in [-0.25, -0.2) is 8.78 Å². The third-order valence-electron chi connectivity index (χ3n) is 6.46. The van der Waals surface area contributed by atoms with Gasteiger partial charge in [0, 0.05) is 18.2 Å². The van der Waals surface area contributed by atoms with Crippen molar-refractivity contribution in [2.24, 2.45) is 5.41 Å². The number of carbonyl (C=O) groups excluding carboxylic acids is 1. The molecule has 180 valence electrons. The normalized spacial score (nSPS) is 20.4. The molecule has 0 amide bonds. The lowest BCUT2D eigenvalue weighted by atomic mass is 9.86. The van der Waals surface area contributed by atoms with Crippen LogP contribution >= 0.6 is 0 Å². The number of carboxylic acid groups (broad SMARTS) is 1. The predicted molar refractivity (Wildman–Crippen MR) is 119 cm³/mol. The van der Waals surface area contributed by atoms with Crippen LogP contribution in [-0.4, -0.2) is 29.7 Å². The minimum Gasteiger partial charge on any atom is -0.480 e. The van der Waals surface area contributed by atoms with Crippen molar-refractivity contribution in [3.05, 3.63) is 34.9 Å². The highest BCUT2D eigenvalue weighted by atomic mass is 19.2. The minimum absolute atomic E-state index is 0.0710. The monoisotopic (exact) mass is 453 g/mol. The van der Waals surface area contributed by atoms with Gasteiger partial charge in [-0.15, -0.1) is 0 Å². The van der Waals surface area contributed by atoms with Crippen LogP contribution in [0.2, 0.25) is 0 Å². The summed E-state index contributed by atoms with van der Waals surface area (Å²) in [5.41, 5.74) is -0.972. The van der Waals surface area contributed by atoms with Crippen molar-refractivity contribution < 1.29 is 28.2 Å². The molecule has 2 rings (SSSR count). The van der Waals surface area contributed by atoms with E-state index in [1.165, 1.54) is 25.7 Å². The van der Waals surface area contributed by atoms with Gasteiger partial charge in [0.15, 0.2) is 17.0 Å². The Morgan fingerprint density at radius 3 is 2.34 bits per heavy atom. The highest BCUT2D eigenvalue weighted by molar-refractivity contribution is 5.99. The van der Waals surface area contributed by atoms with E-state index in [0.29, 0.717) is 18.4 Å². The largest absolute Gasteiger partial charge is 0.480 e. The molecule has 1 aliphatic rings. The number of carboxylic acids is 1. The minimum atomic E-state index is -1.57. The maximum Gasteiger partial charge on any atom is 0.323 e. The average molecular weight is 454 g/mol. The van der Waals surface area contributed by atoms with Crippen LogP contribution in [0.25, 0.3) is 0 Å². The molecule has 0 bridgehead atoms. The molecule has 0 heterocycles. The number of ether oxygens (including phenoxy) is 1. The van der Waals surface area contributed by atoms with Gasteiger partial charge in [0.05, 0.1) is 6.61 Å². The van der Waals surface area contributed by atoms with Crippen LogP contribution in [-0.2, 0) is 27.3 Å². The van der Waals surface area contributed by atoms with Crippen LogP contribution in [0.5, 0.6) is 0 Å². The number of nitrogens with one attached hydrogen (secondary N) is 1. The smallest absolute Gasteiger partial charge is 0.323 e. The van der Waals surface area contributed by atoms with Gasteiger partial charge in [-0.05, 0) is 44.6 Å². The second-order valence-electron chi connectivity index (χ2n) is 8.81. The zero-order chi connectivity index (χ0) is 23.6. The van der Waals surface area contributed by atoms with E-state index in [9.17, 15) is 23.5 Å². The second kappa shape index (κ2) is 12.9. The number of halogens is 2. The summed E-state index contributed by atoms with van der Waals surface area (Å²) in [6, 6.07) is 2.94. The maximum atomic E-state index is 14.6. The Hall–Kier alpha value is -2.02. The number of hydrogen-bond donors (Lipinski definition) is 2. The van der Waals surface area contributed by atoms with E-state index in [1.807, 2.05) is 0 Å². The Balaban J connectivity index is 1.87. The Labute approximate surface area is 189 Å². The van der Waals surface area contributed by atoms with Crippen LogP contribution in [0.15, 0.2) is 12.1 Å². The molecular weight excluding hydrogens is 416 g/mol. The fraction of sp³-hybridized carbons (Fsp3) is 0.680. The first kappa shape index (κ1) is 26.2. The van der Waals surface area contributed by atoms with Crippen LogP contribution in [0.4, 0.5) is 8.78 Å². The van der Waals surface area contributed by atoms with Gasteiger partial charge >= 0.3 is 11.9 Å². The SMILES string of the molecule is CCCCCCCCCc1ccc(CNC2CCC(C(=O)O)(C(=O)OCC)C2)c(F)c1F. The first-order valence-corrected chi connectivity index (χ1v) is 12.0. The highest BCUT2D eigenvalue weighted by Gasteiger charge is 2.52. The number of aliphatic carboxylic acids is 1. The van der Waals surface area contributed by atoms with Crippen molar-refractivity contribution in [2.45, 2.75) is 97.1 Å². The fourth-order valence-corrected chi connectivity index (χ4v) is 4.44. The third-order valence-corrected chi connectivity index (χ3v) is 6.46. The summed E-state index contributed by atoms with van der Waals surface area (Å²) in [6.07, 6.45) is 9.06. The third kappa shape index (κ3) is 6.74. The van der Waals surface area contributed by atoms with Crippen molar-refractivity contribution in [3.63, 3.8) is 0 Å². The van der Waals surface area contributed by atoms with Gasteiger partial charge in [-0.2, -0.15) is 0 Å². The molecule has 0 aromatic heterocycles. The molecule has 0 aliphatic heterocycles. The molecule has 2 unspecified atom stereocenters. The van der Waals surface area contributed by atoms with E-state index < -0.39 is 29.0 Å². The number of rotatable bonds is 14. The van der Waals surface area contributed by atoms with E-state index >= 15 is 0 Å². The van der Waals surface area contributed by atoms with E-state index in [-0.39, 0.29) is 37.6 Å². The van der Waals surface area contributed by atoms with Gasteiger partial charge < -0.3 is 15.2 Å². The fourth-order valence-electron chi connectivity index (χ4n) is 4.44. The molecular formula is C25H37F2NO4. The molecule has 5 nitrogen and oxygen atoms in total. The molecule has 1 fully saturated rings. The zero-order valence-electron chi connectivity index (χ0n) is 19.4. The van der Waals surface area contributed by atoms with Gasteiger partial charge in [-0.1, -0.05) is 57.6 Å². The van der Waals surface area contributed by atoms with E-state index in [4.69, 9.17) is 4.74 Å². The molecule has 32 heavy (non-hydrogen) atoms. The van der Waals surface area contributed by atoms with Gasteiger partial charge in [0.1, 0.15) is 0 Å². The van der Waals surface area contributed by atoms with Gasteiger partial charge in [0.25, 0.3) is 0 Å². The Kier molecular flexibility index (Phi) is 10.6. The van der Waals surface area contributed by atoms with Crippen molar-refractivity contribution in [1.29, 1.82) is 0 Å². The Morgan fingerprint density at radius 2 is 1.69 bits per heavy atom. The van der Waals surface area contributed by atoms with Crippen molar-refractivity contribution >= 4 is 11.9 Å². The summed E-state index contributed by atoms with van der Waals surface area (Å²) in [7, 11) is 0. The van der Waals surface area contributed by atoms with Crippen LogP contribution in [0.3, 0.4) is 0 Å². The number of benzene rings is 1. The summed E-state index contributed by atoms with van der Waals surface area (Å²) < 4.78 is 34.0. The highest BCUT2D eigenvalue weighted by Crippen LogP contribution is 2.40. The average Bonchev–Trinajstić information content (AvgIpc) is 3.21. The second-order valence-corrected chi connectivity index (χ2v) is 8.81. The summed E-state index contributed by atoms with van der Waals surface area (Å²) >= 11 is 0. The summed E-state index contributed by atoms with van der Waals surface area (Å²) in [6.45, 7) is 4.00. The topological polar surface area (TPSA) is 75.6 Å². The molecule has 0 spiro atoms. The summed E-state index contributed by atoms with van der Waals surface area (Å²) in [5.74, 6) is -3.59. The van der Waals surface area contributed by atoms with Crippen molar-refractivity contribution in [2.75, 3.05) is 6.61 Å². The van der Waals surface area contributed by atoms with Crippen molar-refractivity contribution in [3.8, 4) is 0 Å². The molecule has 1 aromatic carbocycles. The number of unbranched alkanes of at least 4 members (excludes halogenated alkanes) is 6. The van der Waals surface area contributed by atoms with E-state index in [2.05, 4.69) is 12.2 Å². The van der Waals surface area contributed by atoms with E-state index in [1.54, 1.807) is 19.1 Å². The lowest BCUT2D eigenvalue weighted by Crippen LogP contribution is -2.40. The van der Waals surface area contributed by atoms with Gasteiger partial charge in [-0.3, -0.25) is 9.59 Å². The zero-order valence-corrected chi connectivity index (χ0v) is 19.4. The van der Waals surface area contributed by atoms with Crippen molar-refractivity contribution in [1.82, 2.24) is 5.32 Å². The molecule has 2 atom stereocenters. The Bertz CT molecular complexity index is 771. The Morgan fingerprint density at radius 1 is 1.06 bits per heavy atom. The first-order chi connectivity index (χ1) is 15.4. The summed E-state index contributed by atoms with van der Waals surface area (Å²) in [4.78, 5) is 23.9. The first-order valence-electron chi connectivity index (χ1n) is 12.0. The molecule has 1 aliphatic carbocycles. The molecule has 2 N–H and O–H groups in total. The molecule has 0 radical (unpaired) electrons. The molecule has 0 saturated heterocycles. The quantitative estimate of drug-likeness (QED) is 0.220. The molecule has 1 saturated carbocycles. The standard InChI is InChI=1S/C25H37F2NO4/c1-3-5-6-7-8-9-10-11-18-12-13-19(22(27)21(18)26)17-28-20-14-15-25(16-20,23(29)30)24(31)32-4-2/h12-13,20,28H,3-11,14-17H2,1-2H3,(H,29,30). The van der Waals surface area contributed by atoms with Crippen LogP contribution in [0, 0.1) is 17.0 Å². The van der Waals surface area contributed by atoms with Gasteiger partial charge in [0.2, 0.25) is 0 Å². The number of carbonyl (C=O) groups is 2. The number of esters is 1. The maximum absolute atomic E-state index is 14.6. The molecule has 1 aromatic rings. The summed E-state index contributed by atoms with van der Waals surface area (Å²) in [5, 5.41) is 12.7. The lowest BCUT2D eigenvalue weighted by Gasteiger charge is -2.22. The lowest BCUT2D eigenvalue weighted by molar-refractivity contribution is -0.168. The molecule has 7 heteroatoms. The van der Waals surface area contributed by atoms with Crippen LogP contribution in [0.1, 0.15) is 89.2 Å².